The number of hydrogen-bond donors (Lipinski definition) is 0. The largest absolute Gasteiger partial charge is 0.367 e. The summed E-state index contributed by atoms with van der Waals surface area (Å²) in [5.74, 6) is 0.580. The number of nitrogens with zero attached hydrogens (tertiary/aromatic N) is 5. The van der Waals surface area contributed by atoms with E-state index < -0.39 is 0 Å². The van der Waals surface area contributed by atoms with Crippen LogP contribution in [0.1, 0.15) is 25.1 Å². The van der Waals surface area contributed by atoms with Gasteiger partial charge in [0.05, 0.1) is 6.54 Å². The summed E-state index contributed by atoms with van der Waals surface area (Å²) in [5, 5.41) is 5.53. The molecule has 4 rings (SSSR count). The van der Waals surface area contributed by atoms with Crippen LogP contribution < -0.4 is 4.90 Å². The van der Waals surface area contributed by atoms with Crippen LogP contribution in [0.15, 0.2) is 48.5 Å². The Kier molecular flexibility index (Phi) is 6.74. The molecule has 3 aromatic rings. The van der Waals surface area contributed by atoms with Crippen LogP contribution in [0.5, 0.6) is 0 Å². The molecule has 1 aliphatic rings. The lowest BCUT2D eigenvalue weighted by Crippen LogP contribution is -2.23. The van der Waals surface area contributed by atoms with Crippen molar-refractivity contribution in [2.75, 3.05) is 25.5 Å². The van der Waals surface area contributed by atoms with Crippen LogP contribution in [0.3, 0.4) is 0 Å². The van der Waals surface area contributed by atoms with E-state index in [1.165, 1.54) is 25.0 Å². The molecule has 2 aromatic carbocycles. The average Bonchev–Trinajstić information content (AvgIpc) is 3.56. The molecule has 0 spiro atoms. The maximum Gasteiger partial charge on any atom is 0.202 e. The fourth-order valence-electron chi connectivity index (χ4n) is 3.72. The molecular weight excluding hydrogens is 433 g/mol. The third-order valence-electron chi connectivity index (χ3n) is 5.69. The van der Waals surface area contributed by atoms with Gasteiger partial charge in [0.1, 0.15) is 5.82 Å². The highest BCUT2D eigenvalue weighted by molar-refractivity contribution is 7.71. The molecule has 8 heteroatoms. The van der Waals surface area contributed by atoms with Crippen molar-refractivity contribution in [2.24, 2.45) is 0 Å². The van der Waals surface area contributed by atoms with Crippen molar-refractivity contribution in [1.29, 1.82) is 0 Å². The summed E-state index contributed by atoms with van der Waals surface area (Å²) in [4.78, 5) is 4.46. The minimum atomic E-state index is -0.248. The maximum atomic E-state index is 13.3. The Morgan fingerprint density at radius 1 is 1.10 bits per heavy atom. The minimum Gasteiger partial charge on any atom is -0.367 e. The van der Waals surface area contributed by atoms with Crippen LogP contribution >= 0.6 is 23.8 Å². The van der Waals surface area contributed by atoms with E-state index in [9.17, 15) is 4.39 Å². The van der Waals surface area contributed by atoms with Crippen LogP contribution in [0, 0.1) is 10.6 Å². The van der Waals surface area contributed by atoms with Crippen LogP contribution in [0.25, 0.3) is 5.69 Å². The molecule has 0 N–H and O–H groups in total. The van der Waals surface area contributed by atoms with Gasteiger partial charge in [0.2, 0.25) is 4.77 Å². The molecule has 5 nitrogen and oxygen atoms in total. The maximum absolute atomic E-state index is 13.3. The Balaban J connectivity index is 1.59. The zero-order chi connectivity index (χ0) is 22.0. The first-order valence-corrected chi connectivity index (χ1v) is 11.3. The second kappa shape index (κ2) is 9.51. The van der Waals surface area contributed by atoms with Gasteiger partial charge in [0, 0.05) is 36.0 Å². The molecule has 0 aliphatic heterocycles. The smallest absolute Gasteiger partial charge is 0.202 e. The molecule has 1 fully saturated rings. The van der Waals surface area contributed by atoms with Crippen molar-refractivity contribution in [3.63, 3.8) is 0 Å². The van der Waals surface area contributed by atoms with Gasteiger partial charge in [0.15, 0.2) is 5.82 Å². The second-order valence-electron chi connectivity index (χ2n) is 8.13. The number of benzene rings is 2. The normalized spacial score (nSPS) is 13.7. The van der Waals surface area contributed by atoms with Gasteiger partial charge in [-0.25, -0.2) is 9.07 Å². The van der Waals surface area contributed by atoms with Crippen molar-refractivity contribution < 1.29 is 4.39 Å². The Morgan fingerprint density at radius 3 is 2.42 bits per heavy atom. The number of halogens is 2. The number of rotatable bonds is 9. The Labute approximate surface area is 192 Å². The van der Waals surface area contributed by atoms with Crippen molar-refractivity contribution in [2.45, 2.75) is 38.4 Å². The molecule has 0 bridgehead atoms. The SMILES string of the molecule is CN(Cc1nn(CCCN(C)C2CC2)c(=S)n1-c1ccc(Cl)cc1)c1ccc(F)cc1. The molecule has 0 unspecified atom stereocenters. The van der Waals surface area contributed by atoms with E-state index in [0.717, 1.165) is 42.8 Å². The van der Waals surface area contributed by atoms with Crippen LogP contribution in [-0.4, -0.2) is 45.9 Å². The van der Waals surface area contributed by atoms with Gasteiger partial charge in [-0.2, -0.15) is 5.10 Å². The van der Waals surface area contributed by atoms with Gasteiger partial charge in [-0.05, 0) is 93.6 Å². The molecule has 1 aromatic heterocycles. The summed E-state index contributed by atoms with van der Waals surface area (Å²) in [6.07, 6.45) is 3.61. The Hall–Kier alpha value is -2.22. The predicted molar refractivity (Wildman–Crippen MR) is 126 cm³/mol. The van der Waals surface area contributed by atoms with Crippen molar-refractivity contribution in [3.8, 4) is 5.69 Å². The van der Waals surface area contributed by atoms with Gasteiger partial charge in [-0.3, -0.25) is 4.57 Å². The Bertz CT molecular complexity index is 1070. The summed E-state index contributed by atoms with van der Waals surface area (Å²) >= 11 is 11.9. The first-order valence-electron chi connectivity index (χ1n) is 10.5. The van der Waals surface area contributed by atoms with Crippen LogP contribution in [0.4, 0.5) is 10.1 Å². The summed E-state index contributed by atoms with van der Waals surface area (Å²) in [6.45, 7) is 2.34. The molecule has 0 radical (unpaired) electrons. The molecule has 1 saturated carbocycles. The monoisotopic (exact) mass is 459 g/mol. The molecule has 1 heterocycles. The quantitative estimate of drug-likeness (QED) is 0.405. The van der Waals surface area contributed by atoms with Gasteiger partial charge in [0.25, 0.3) is 0 Å². The first kappa shape index (κ1) is 22.0. The number of hydrogen-bond acceptors (Lipinski definition) is 4. The predicted octanol–water partition coefficient (Wildman–Crippen LogP) is 5.32. The van der Waals surface area contributed by atoms with Crippen molar-refractivity contribution in [3.05, 3.63) is 70.0 Å². The zero-order valence-electron chi connectivity index (χ0n) is 17.8. The number of anilines is 1. The molecule has 0 atom stereocenters. The standard InChI is InChI=1S/C23H27ClFN5S/c1-27(19-12-13-19)14-3-15-29-23(31)30(21-8-4-17(24)5-9-21)22(26-29)16-28(2)20-10-6-18(25)7-11-20/h4-11,19H,3,12-16H2,1-2H3. The van der Waals surface area contributed by atoms with E-state index in [4.69, 9.17) is 28.9 Å². The summed E-state index contributed by atoms with van der Waals surface area (Å²) < 4.78 is 17.9. The average molecular weight is 460 g/mol. The zero-order valence-corrected chi connectivity index (χ0v) is 19.4. The van der Waals surface area contributed by atoms with Crippen molar-refractivity contribution in [1.82, 2.24) is 19.2 Å². The third kappa shape index (κ3) is 5.34. The van der Waals surface area contributed by atoms with Crippen LogP contribution in [0.2, 0.25) is 5.02 Å². The number of aryl methyl sites for hydroxylation is 1. The lowest BCUT2D eigenvalue weighted by atomic mass is 10.3. The van der Waals surface area contributed by atoms with Gasteiger partial charge in [-0.1, -0.05) is 11.6 Å². The van der Waals surface area contributed by atoms with Crippen LogP contribution in [-0.2, 0) is 13.1 Å². The highest BCUT2D eigenvalue weighted by Crippen LogP contribution is 2.25. The highest BCUT2D eigenvalue weighted by atomic mass is 35.5. The number of aromatic nitrogens is 3. The molecule has 0 saturated heterocycles. The lowest BCUT2D eigenvalue weighted by molar-refractivity contribution is 0.308. The molecule has 0 amide bonds. The molecule has 1 aliphatic carbocycles. The van der Waals surface area contributed by atoms with Crippen molar-refractivity contribution >= 4 is 29.5 Å². The lowest BCUT2D eigenvalue weighted by Gasteiger charge is -2.19. The second-order valence-corrected chi connectivity index (χ2v) is 8.93. The fraction of sp³-hybridized carbons (Fsp3) is 0.391. The van der Waals surface area contributed by atoms with E-state index in [1.807, 2.05) is 45.5 Å². The van der Waals surface area contributed by atoms with Gasteiger partial charge >= 0.3 is 0 Å². The minimum absolute atomic E-state index is 0.248. The highest BCUT2D eigenvalue weighted by Gasteiger charge is 2.25. The molecule has 164 valence electrons. The van der Waals surface area contributed by atoms with E-state index in [1.54, 1.807) is 12.1 Å². The fourth-order valence-corrected chi connectivity index (χ4v) is 4.19. The Morgan fingerprint density at radius 2 is 1.77 bits per heavy atom. The summed E-state index contributed by atoms with van der Waals surface area (Å²) in [7, 11) is 4.15. The summed E-state index contributed by atoms with van der Waals surface area (Å²) in [5.41, 5.74) is 1.84. The molecule has 31 heavy (non-hydrogen) atoms. The van der Waals surface area contributed by atoms with Gasteiger partial charge < -0.3 is 9.80 Å². The van der Waals surface area contributed by atoms with E-state index in [0.29, 0.717) is 16.3 Å². The molecular formula is C23H27ClFN5S. The van der Waals surface area contributed by atoms with E-state index in [-0.39, 0.29) is 5.82 Å². The van der Waals surface area contributed by atoms with Gasteiger partial charge in [-0.15, -0.1) is 0 Å². The first-order chi connectivity index (χ1) is 14.9. The van der Waals surface area contributed by atoms with E-state index >= 15 is 0 Å². The summed E-state index contributed by atoms with van der Waals surface area (Å²) in [6, 6.07) is 14.8. The third-order valence-corrected chi connectivity index (χ3v) is 6.33. The van der Waals surface area contributed by atoms with E-state index in [2.05, 4.69) is 11.9 Å². The topological polar surface area (TPSA) is 29.2 Å².